The molecule has 86 valence electrons. The number of rotatable bonds is 3. The van der Waals surface area contributed by atoms with Crippen molar-refractivity contribution in [2.24, 2.45) is 0 Å². The Hall–Kier alpha value is -1.51. The van der Waals surface area contributed by atoms with Crippen molar-refractivity contribution in [1.82, 2.24) is 4.90 Å². The monoisotopic (exact) mass is 218 g/mol. The van der Waals surface area contributed by atoms with Crippen molar-refractivity contribution in [2.45, 2.75) is 33.2 Å². The summed E-state index contributed by atoms with van der Waals surface area (Å²) in [4.78, 5) is 14.0. The van der Waals surface area contributed by atoms with Crippen LogP contribution < -0.4 is 5.73 Å². The third-order valence-corrected chi connectivity index (χ3v) is 3.08. The van der Waals surface area contributed by atoms with Crippen molar-refractivity contribution >= 4 is 11.6 Å². The van der Waals surface area contributed by atoms with Crippen LogP contribution in [-0.4, -0.2) is 17.4 Å². The van der Waals surface area contributed by atoms with Crippen LogP contribution in [0.1, 0.15) is 41.3 Å². The molecule has 0 fully saturated rings. The van der Waals surface area contributed by atoms with Gasteiger partial charge in [-0.1, -0.05) is 13.3 Å². The van der Waals surface area contributed by atoms with Crippen LogP contribution in [0.5, 0.6) is 0 Å². The van der Waals surface area contributed by atoms with E-state index in [4.69, 9.17) is 5.73 Å². The molecule has 1 aromatic carbocycles. The van der Waals surface area contributed by atoms with Crippen LogP contribution in [0.15, 0.2) is 12.1 Å². The first-order chi connectivity index (χ1) is 7.63. The zero-order valence-electron chi connectivity index (χ0n) is 9.92. The third kappa shape index (κ3) is 1.77. The molecular formula is C13H18N2O. The molecule has 0 radical (unpaired) electrons. The smallest absolute Gasteiger partial charge is 0.254 e. The summed E-state index contributed by atoms with van der Waals surface area (Å²) in [5.41, 5.74) is 9.49. The van der Waals surface area contributed by atoms with Crippen molar-refractivity contribution in [3.63, 3.8) is 0 Å². The Kier molecular flexibility index (Phi) is 2.86. The fourth-order valence-electron chi connectivity index (χ4n) is 2.29. The largest absolute Gasteiger partial charge is 0.399 e. The summed E-state index contributed by atoms with van der Waals surface area (Å²) in [5.74, 6) is 0.168. The van der Waals surface area contributed by atoms with Crippen molar-refractivity contribution in [2.75, 3.05) is 12.3 Å². The lowest BCUT2D eigenvalue weighted by Crippen LogP contribution is -2.25. The van der Waals surface area contributed by atoms with E-state index in [2.05, 4.69) is 6.92 Å². The molecule has 0 spiro atoms. The average molecular weight is 218 g/mol. The number of nitrogens with zero attached hydrogens (tertiary/aromatic N) is 1. The summed E-state index contributed by atoms with van der Waals surface area (Å²) < 4.78 is 0. The molecule has 0 bridgehead atoms. The lowest BCUT2D eigenvalue weighted by atomic mass is 10.0. The standard InChI is InChI=1S/C13H18N2O/c1-3-4-5-15-8-10-7-11(14)6-9(2)12(10)13(15)16/h6-7H,3-5,8,14H2,1-2H3. The zero-order valence-corrected chi connectivity index (χ0v) is 9.92. The van der Waals surface area contributed by atoms with E-state index < -0.39 is 0 Å². The van der Waals surface area contributed by atoms with E-state index in [1.807, 2.05) is 24.0 Å². The maximum absolute atomic E-state index is 12.1. The van der Waals surface area contributed by atoms with Gasteiger partial charge >= 0.3 is 0 Å². The van der Waals surface area contributed by atoms with Crippen LogP contribution in [-0.2, 0) is 6.54 Å². The Labute approximate surface area is 96.2 Å². The lowest BCUT2D eigenvalue weighted by Gasteiger charge is -2.14. The normalized spacial score (nSPS) is 14.4. The summed E-state index contributed by atoms with van der Waals surface area (Å²) in [6.45, 7) is 5.66. The molecule has 1 aliphatic heterocycles. The number of aryl methyl sites for hydroxylation is 1. The highest BCUT2D eigenvalue weighted by Gasteiger charge is 2.28. The summed E-state index contributed by atoms with van der Waals surface area (Å²) in [7, 11) is 0. The number of anilines is 1. The molecule has 2 N–H and O–H groups in total. The summed E-state index contributed by atoms with van der Waals surface area (Å²) in [6, 6.07) is 3.80. The zero-order chi connectivity index (χ0) is 11.7. The van der Waals surface area contributed by atoms with Gasteiger partial charge < -0.3 is 10.6 Å². The van der Waals surface area contributed by atoms with Gasteiger partial charge in [0.1, 0.15) is 0 Å². The third-order valence-electron chi connectivity index (χ3n) is 3.08. The van der Waals surface area contributed by atoms with Crippen LogP contribution in [0, 0.1) is 6.92 Å². The fraction of sp³-hybridized carbons (Fsp3) is 0.462. The maximum atomic E-state index is 12.1. The van der Waals surface area contributed by atoms with Crippen LogP contribution >= 0.6 is 0 Å². The molecule has 0 unspecified atom stereocenters. The van der Waals surface area contributed by atoms with Gasteiger partial charge in [0.05, 0.1) is 0 Å². The Morgan fingerprint density at radius 3 is 2.88 bits per heavy atom. The number of amides is 1. The highest BCUT2D eigenvalue weighted by atomic mass is 16.2. The van der Waals surface area contributed by atoms with Gasteiger partial charge in [0, 0.05) is 24.3 Å². The Bertz CT molecular complexity index is 426. The Morgan fingerprint density at radius 1 is 1.44 bits per heavy atom. The second-order valence-corrected chi connectivity index (χ2v) is 4.45. The number of hydrogen-bond donors (Lipinski definition) is 1. The quantitative estimate of drug-likeness (QED) is 0.791. The number of nitrogens with two attached hydrogens (primary N) is 1. The predicted octanol–water partition coefficient (Wildman–Crippen LogP) is 2.33. The molecule has 0 saturated heterocycles. The second kappa shape index (κ2) is 4.16. The van der Waals surface area contributed by atoms with Crippen LogP contribution in [0.25, 0.3) is 0 Å². The van der Waals surface area contributed by atoms with E-state index >= 15 is 0 Å². The van der Waals surface area contributed by atoms with E-state index in [1.54, 1.807) is 0 Å². The number of unbranched alkanes of at least 4 members (excludes halogenated alkanes) is 1. The minimum atomic E-state index is 0.168. The SMILES string of the molecule is CCCCN1Cc2cc(N)cc(C)c2C1=O. The summed E-state index contributed by atoms with van der Waals surface area (Å²) in [5, 5.41) is 0. The van der Waals surface area contributed by atoms with Crippen molar-refractivity contribution in [1.29, 1.82) is 0 Å². The van der Waals surface area contributed by atoms with Gasteiger partial charge in [0.15, 0.2) is 0 Å². The number of hydrogen-bond acceptors (Lipinski definition) is 2. The topological polar surface area (TPSA) is 46.3 Å². The van der Waals surface area contributed by atoms with E-state index in [1.165, 1.54) is 0 Å². The number of fused-ring (bicyclic) bond motifs is 1. The van der Waals surface area contributed by atoms with Gasteiger partial charge in [-0.15, -0.1) is 0 Å². The molecule has 0 aliphatic carbocycles. The fourth-order valence-corrected chi connectivity index (χ4v) is 2.29. The summed E-state index contributed by atoms with van der Waals surface area (Å²) >= 11 is 0. The summed E-state index contributed by atoms with van der Waals surface area (Å²) in [6.07, 6.45) is 2.18. The first kappa shape index (κ1) is 11.0. The van der Waals surface area contributed by atoms with Gasteiger partial charge in [-0.25, -0.2) is 0 Å². The molecule has 16 heavy (non-hydrogen) atoms. The molecular weight excluding hydrogens is 200 g/mol. The van der Waals surface area contributed by atoms with Gasteiger partial charge in [-0.2, -0.15) is 0 Å². The van der Waals surface area contributed by atoms with E-state index in [0.717, 1.165) is 48.3 Å². The second-order valence-electron chi connectivity index (χ2n) is 4.45. The number of nitrogen functional groups attached to an aromatic ring is 1. The molecule has 0 atom stereocenters. The minimum Gasteiger partial charge on any atom is -0.399 e. The highest BCUT2D eigenvalue weighted by Crippen LogP contribution is 2.28. The number of carbonyl (C=O) groups is 1. The van der Waals surface area contributed by atoms with Crippen molar-refractivity contribution in [3.05, 3.63) is 28.8 Å². The van der Waals surface area contributed by atoms with Crippen LogP contribution in [0.4, 0.5) is 5.69 Å². The van der Waals surface area contributed by atoms with Gasteiger partial charge in [0.2, 0.25) is 0 Å². The van der Waals surface area contributed by atoms with Crippen molar-refractivity contribution < 1.29 is 4.79 Å². The Morgan fingerprint density at radius 2 is 2.19 bits per heavy atom. The number of benzene rings is 1. The van der Waals surface area contributed by atoms with E-state index in [-0.39, 0.29) is 5.91 Å². The van der Waals surface area contributed by atoms with Gasteiger partial charge in [0.25, 0.3) is 5.91 Å². The molecule has 3 nitrogen and oxygen atoms in total. The van der Waals surface area contributed by atoms with E-state index in [0.29, 0.717) is 0 Å². The lowest BCUT2D eigenvalue weighted by molar-refractivity contribution is 0.0776. The number of carbonyl (C=O) groups excluding carboxylic acids is 1. The first-order valence-electron chi connectivity index (χ1n) is 5.81. The van der Waals surface area contributed by atoms with Crippen molar-refractivity contribution in [3.8, 4) is 0 Å². The highest BCUT2D eigenvalue weighted by molar-refractivity contribution is 6.00. The maximum Gasteiger partial charge on any atom is 0.254 e. The molecule has 0 aromatic heterocycles. The predicted molar refractivity (Wildman–Crippen MR) is 65.2 cm³/mol. The molecule has 0 saturated carbocycles. The molecule has 3 heteroatoms. The Balaban J connectivity index is 2.28. The van der Waals surface area contributed by atoms with Crippen LogP contribution in [0.2, 0.25) is 0 Å². The van der Waals surface area contributed by atoms with Gasteiger partial charge in [-0.3, -0.25) is 4.79 Å². The molecule has 2 rings (SSSR count). The minimum absolute atomic E-state index is 0.168. The molecule has 1 aromatic rings. The average Bonchev–Trinajstić information content (AvgIpc) is 2.52. The van der Waals surface area contributed by atoms with Gasteiger partial charge in [-0.05, 0) is 36.6 Å². The molecule has 1 amide bonds. The van der Waals surface area contributed by atoms with E-state index in [9.17, 15) is 4.79 Å². The molecule has 1 aliphatic rings. The molecule has 1 heterocycles. The first-order valence-corrected chi connectivity index (χ1v) is 5.81. The van der Waals surface area contributed by atoms with Crippen LogP contribution in [0.3, 0.4) is 0 Å².